The maximum absolute atomic E-state index is 11.6. The highest BCUT2D eigenvalue weighted by Gasteiger charge is 2.04. The van der Waals surface area contributed by atoms with Crippen molar-refractivity contribution in [1.29, 1.82) is 0 Å². The molecule has 0 saturated carbocycles. The maximum atomic E-state index is 11.6. The van der Waals surface area contributed by atoms with Gasteiger partial charge in [0, 0.05) is 22.3 Å². The molecule has 76 valence electrons. The van der Waals surface area contributed by atoms with Gasteiger partial charge < -0.3 is 0 Å². The lowest BCUT2D eigenvalue weighted by Gasteiger charge is -1.99. The number of unbranched alkanes of at least 4 members (excludes halogenated alkanes) is 1. The first kappa shape index (κ1) is 11.7. The normalized spacial score (nSPS) is 10.1. The third-order valence-corrected chi connectivity index (χ3v) is 2.77. The molecule has 0 bridgehead atoms. The fraction of sp³-hybridized carbons (Fsp3) is 0.364. The van der Waals surface area contributed by atoms with Crippen LogP contribution in [0.25, 0.3) is 0 Å². The smallest absolute Gasteiger partial charge is 0.162 e. The van der Waals surface area contributed by atoms with E-state index >= 15 is 0 Å². The summed E-state index contributed by atoms with van der Waals surface area (Å²) in [5, 5.41) is 1.63. The minimum atomic E-state index is 0.197. The maximum Gasteiger partial charge on any atom is 0.162 e. The fourth-order valence-corrected chi connectivity index (χ4v) is 1.68. The number of rotatable bonds is 5. The van der Waals surface area contributed by atoms with Gasteiger partial charge in [0.2, 0.25) is 0 Å². The first-order valence-corrected chi connectivity index (χ1v) is 6.08. The number of hydrogen-bond acceptors (Lipinski definition) is 1. The van der Waals surface area contributed by atoms with E-state index in [0.717, 1.165) is 23.7 Å². The second-order valence-electron chi connectivity index (χ2n) is 3.08. The van der Waals surface area contributed by atoms with Gasteiger partial charge in [0.15, 0.2) is 5.78 Å². The summed E-state index contributed by atoms with van der Waals surface area (Å²) < 4.78 is 0. The van der Waals surface area contributed by atoms with E-state index in [4.69, 9.17) is 11.6 Å². The molecule has 0 heterocycles. The molecule has 1 rings (SSSR count). The Kier molecular flexibility index (Phi) is 5.20. The van der Waals surface area contributed by atoms with Crippen molar-refractivity contribution in [2.24, 2.45) is 0 Å². The molecule has 1 aromatic carbocycles. The van der Waals surface area contributed by atoms with Crippen LogP contribution in [-0.2, 0) is 0 Å². The predicted molar refractivity (Wildman–Crippen MR) is 63.4 cm³/mol. The number of carbonyl (C=O) groups excluding carboxylic acids is 1. The lowest BCUT2D eigenvalue weighted by atomic mass is 10.1. The van der Waals surface area contributed by atoms with E-state index in [1.165, 1.54) is 0 Å². The fourth-order valence-electron chi connectivity index (χ4n) is 1.16. The average molecular weight is 276 g/mol. The first-order valence-electron chi connectivity index (χ1n) is 4.59. The molecule has 0 aromatic heterocycles. The van der Waals surface area contributed by atoms with Gasteiger partial charge in [-0.1, -0.05) is 27.5 Å². The molecule has 0 aliphatic heterocycles. The van der Waals surface area contributed by atoms with Gasteiger partial charge >= 0.3 is 0 Å². The topological polar surface area (TPSA) is 17.1 Å². The third-order valence-electron chi connectivity index (χ3n) is 1.95. The molecule has 1 nitrogen and oxygen atoms in total. The van der Waals surface area contributed by atoms with Crippen LogP contribution in [0.15, 0.2) is 24.3 Å². The molecule has 0 fully saturated rings. The largest absolute Gasteiger partial charge is 0.294 e. The first-order chi connectivity index (χ1) is 6.74. The third kappa shape index (κ3) is 3.81. The van der Waals surface area contributed by atoms with Crippen molar-refractivity contribution in [3.63, 3.8) is 0 Å². The Morgan fingerprint density at radius 3 is 2.43 bits per heavy atom. The second kappa shape index (κ2) is 6.20. The number of carbonyl (C=O) groups is 1. The van der Waals surface area contributed by atoms with Gasteiger partial charge in [0.05, 0.1) is 0 Å². The Hall–Kier alpha value is -0.340. The highest BCUT2D eigenvalue weighted by molar-refractivity contribution is 9.09. The van der Waals surface area contributed by atoms with E-state index in [-0.39, 0.29) is 5.78 Å². The molecule has 0 saturated heterocycles. The monoisotopic (exact) mass is 274 g/mol. The van der Waals surface area contributed by atoms with E-state index in [2.05, 4.69) is 15.9 Å². The van der Waals surface area contributed by atoms with E-state index in [1.807, 2.05) is 0 Å². The van der Waals surface area contributed by atoms with Crippen molar-refractivity contribution >= 4 is 33.3 Å². The van der Waals surface area contributed by atoms with Crippen LogP contribution in [0.3, 0.4) is 0 Å². The zero-order chi connectivity index (χ0) is 10.4. The summed E-state index contributed by atoms with van der Waals surface area (Å²) in [6.07, 6.45) is 2.60. The van der Waals surface area contributed by atoms with E-state index < -0.39 is 0 Å². The summed E-state index contributed by atoms with van der Waals surface area (Å²) in [6, 6.07) is 7.05. The average Bonchev–Trinajstić information content (AvgIpc) is 2.19. The highest BCUT2D eigenvalue weighted by atomic mass is 79.9. The van der Waals surface area contributed by atoms with E-state index in [0.29, 0.717) is 11.4 Å². The summed E-state index contributed by atoms with van der Waals surface area (Å²) in [5.74, 6) is 0.197. The van der Waals surface area contributed by atoms with Crippen molar-refractivity contribution in [2.75, 3.05) is 5.33 Å². The molecule has 0 aliphatic carbocycles. The van der Waals surface area contributed by atoms with Crippen LogP contribution >= 0.6 is 27.5 Å². The SMILES string of the molecule is O=C(CCCCBr)c1ccc(Cl)cc1. The Balaban J connectivity index is 2.48. The molecule has 0 unspecified atom stereocenters. The number of alkyl halides is 1. The zero-order valence-electron chi connectivity index (χ0n) is 7.80. The van der Waals surface area contributed by atoms with Crippen LogP contribution in [0.2, 0.25) is 5.02 Å². The molecule has 3 heteroatoms. The van der Waals surface area contributed by atoms with Crippen molar-refractivity contribution in [3.8, 4) is 0 Å². The lowest BCUT2D eigenvalue weighted by molar-refractivity contribution is 0.0980. The Labute approximate surface area is 97.6 Å². The molecule has 0 N–H and O–H groups in total. The summed E-state index contributed by atoms with van der Waals surface area (Å²) in [6.45, 7) is 0. The van der Waals surface area contributed by atoms with Crippen LogP contribution in [0.1, 0.15) is 29.6 Å². The quantitative estimate of drug-likeness (QED) is 0.449. The predicted octanol–water partition coefficient (Wildman–Crippen LogP) is 4.09. The van der Waals surface area contributed by atoms with Gasteiger partial charge in [-0.05, 0) is 37.1 Å². The molecule has 0 aliphatic rings. The van der Waals surface area contributed by atoms with Gasteiger partial charge in [-0.15, -0.1) is 0 Å². The lowest BCUT2D eigenvalue weighted by Crippen LogP contribution is -1.98. The van der Waals surface area contributed by atoms with Gasteiger partial charge in [-0.25, -0.2) is 0 Å². The molecular formula is C11H12BrClO. The zero-order valence-corrected chi connectivity index (χ0v) is 10.1. The van der Waals surface area contributed by atoms with Crippen molar-refractivity contribution < 1.29 is 4.79 Å². The van der Waals surface area contributed by atoms with Crippen molar-refractivity contribution in [2.45, 2.75) is 19.3 Å². The summed E-state index contributed by atoms with van der Waals surface area (Å²) in [7, 11) is 0. The Morgan fingerprint density at radius 2 is 1.86 bits per heavy atom. The minimum absolute atomic E-state index is 0.197. The number of Topliss-reactive ketones (excluding diaryl/α,β-unsaturated/α-hetero) is 1. The molecule has 0 atom stereocenters. The highest BCUT2D eigenvalue weighted by Crippen LogP contribution is 2.12. The number of hydrogen-bond donors (Lipinski definition) is 0. The van der Waals surface area contributed by atoms with Gasteiger partial charge in [0.25, 0.3) is 0 Å². The molecule has 1 aromatic rings. The van der Waals surface area contributed by atoms with Crippen LogP contribution < -0.4 is 0 Å². The second-order valence-corrected chi connectivity index (χ2v) is 4.31. The van der Waals surface area contributed by atoms with Crippen LogP contribution in [-0.4, -0.2) is 11.1 Å². The summed E-state index contributed by atoms with van der Waals surface area (Å²) in [4.78, 5) is 11.6. The van der Waals surface area contributed by atoms with E-state index in [9.17, 15) is 4.79 Å². The van der Waals surface area contributed by atoms with Crippen molar-refractivity contribution in [3.05, 3.63) is 34.9 Å². The Bertz CT molecular complexity index is 295. The standard InChI is InChI=1S/C11H12BrClO/c12-8-2-1-3-11(14)9-4-6-10(13)7-5-9/h4-7H,1-3,8H2. The minimum Gasteiger partial charge on any atom is -0.294 e. The molecule has 0 spiro atoms. The Morgan fingerprint density at radius 1 is 1.21 bits per heavy atom. The van der Waals surface area contributed by atoms with Gasteiger partial charge in [-0.2, -0.15) is 0 Å². The summed E-state index contributed by atoms with van der Waals surface area (Å²) >= 11 is 9.06. The molecule has 0 amide bonds. The van der Waals surface area contributed by atoms with Crippen molar-refractivity contribution in [1.82, 2.24) is 0 Å². The number of ketones is 1. The van der Waals surface area contributed by atoms with Crippen LogP contribution in [0.4, 0.5) is 0 Å². The van der Waals surface area contributed by atoms with Crippen LogP contribution in [0, 0.1) is 0 Å². The van der Waals surface area contributed by atoms with Crippen LogP contribution in [0.5, 0.6) is 0 Å². The number of halogens is 2. The molecule has 0 radical (unpaired) electrons. The number of benzene rings is 1. The van der Waals surface area contributed by atoms with Gasteiger partial charge in [0.1, 0.15) is 0 Å². The summed E-state index contributed by atoms with van der Waals surface area (Å²) in [5.41, 5.74) is 0.754. The van der Waals surface area contributed by atoms with E-state index in [1.54, 1.807) is 24.3 Å². The van der Waals surface area contributed by atoms with Gasteiger partial charge in [-0.3, -0.25) is 4.79 Å². The molecule has 14 heavy (non-hydrogen) atoms. The molecular weight excluding hydrogens is 263 g/mol.